The molecular weight excluding hydrogens is 268 g/mol. The molecule has 0 bridgehead atoms. The summed E-state index contributed by atoms with van der Waals surface area (Å²) in [5, 5.41) is 15.5. The highest BCUT2D eigenvalue weighted by Gasteiger charge is 2.28. The maximum Gasteiger partial charge on any atom is 0.277 e. The summed E-state index contributed by atoms with van der Waals surface area (Å²) in [6, 6.07) is 9.34. The third kappa shape index (κ3) is 3.49. The summed E-state index contributed by atoms with van der Waals surface area (Å²) in [5.41, 5.74) is 2.13. The molecule has 1 aromatic heterocycles. The minimum atomic E-state index is -0.259. The van der Waals surface area contributed by atoms with Gasteiger partial charge in [0.2, 0.25) is 0 Å². The van der Waals surface area contributed by atoms with Gasteiger partial charge in [0.15, 0.2) is 5.69 Å². The lowest BCUT2D eigenvalue weighted by Gasteiger charge is -2.05. The normalized spacial score (nSPS) is 14.1. The number of carbonyl (C=O) groups is 1. The largest absolute Gasteiger partial charge is 0.396 e. The molecule has 0 unspecified atom stereocenters. The van der Waals surface area contributed by atoms with Crippen molar-refractivity contribution in [1.82, 2.24) is 5.16 Å². The second kappa shape index (κ2) is 6.10. The highest BCUT2D eigenvalue weighted by Crippen LogP contribution is 2.40. The predicted molar refractivity (Wildman–Crippen MR) is 78.3 cm³/mol. The highest BCUT2D eigenvalue weighted by atomic mass is 16.5. The minimum Gasteiger partial charge on any atom is -0.396 e. The number of rotatable bonds is 6. The molecule has 5 heteroatoms. The fourth-order valence-corrected chi connectivity index (χ4v) is 2.24. The summed E-state index contributed by atoms with van der Waals surface area (Å²) in [6.45, 7) is 0.166. The number of benzene rings is 1. The Bertz CT molecular complexity index is 632. The number of carbonyl (C=O) groups excluding carboxylic acids is 1. The molecule has 1 amide bonds. The average molecular weight is 286 g/mol. The fourth-order valence-electron chi connectivity index (χ4n) is 2.24. The molecule has 0 radical (unpaired) electrons. The Balaban J connectivity index is 1.65. The molecule has 0 saturated heterocycles. The van der Waals surface area contributed by atoms with E-state index in [2.05, 4.69) is 10.5 Å². The van der Waals surface area contributed by atoms with Gasteiger partial charge in [-0.05, 0) is 43.4 Å². The molecule has 0 atom stereocenters. The molecular formula is C16H18N2O3. The minimum absolute atomic E-state index is 0.166. The Hall–Kier alpha value is -2.14. The van der Waals surface area contributed by atoms with Crippen molar-refractivity contribution in [3.05, 3.63) is 47.3 Å². The van der Waals surface area contributed by atoms with E-state index in [0.717, 1.165) is 36.3 Å². The molecule has 1 saturated carbocycles. The van der Waals surface area contributed by atoms with Crippen LogP contribution in [0, 0.1) is 0 Å². The van der Waals surface area contributed by atoms with E-state index >= 15 is 0 Å². The zero-order valence-corrected chi connectivity index (χ0v) is 11.7. The van der Waals surface area contributed by atoms with Crippen LogP contribution in [0.1, 0.15) is 47.0 Å². The summed E-state index contributed by atoms with van der Waals surface area (Å²) in [6.07, 6.45) is 3.73. The van der Waals surface area contributed by atoms with Crippen LogP contribution in [0.15, 0.2) is 34.9 Å². The van der Waals surface area contributed by atoms with E-state index in [4.69, 9.17) is 9.63 Å². The molecule has 0 aliphatic heterocycles. The van der Waals surface area contributed by atoms with E-state index in [-0.39, 0.29) is 12.5 Å². The van der Waals surface area contributed by atoms with E-state index in [0.29, 0.717) is 18.0 Å². The molecule has 1 aliphatic rings. The monoisotopic (exact) mass is 286 g/mol. The van der Waals surface area contributed by atoms with Crippen LogP contribution in [-0.4, -0.2) is 22.8 Å². The standard InChI is InChI=1S/C16H18N2O3/c19-8-2-4-11-3-1-5-13(9-11)17-16(20)14-10-15(21-18-14)12-6-7-12/h1,3,5,9-10,12,19H,2,4,6-8H2,(H,17,20). The quantitative estimate of drug-likeness (QED) is 0.856. The topological polar surface area (TPSA) is 75.4 Å². The fraction of sp³-hybridized carbons (Fsp3) is 0.375. The molecule has 2 aromatic rings. The number of amides is 1. The number of aromatic nitrogens is 1. The second-order valence-corrected chi connectivity index (χ2v) is 5.37. The van der Waals surface area contributed by atoms with Gasteiger partial charge in [-0.2, -0.15) is 0 Å². The third-order valence-electron chi connectivity index (χ3n) is 3.55. The average Bonchev–Trinajstić information content (AvgIpc) is 3.22. The number of hydrogen-bond acceptors (Lipinski definition) is 4. The number of aliphatic hydroxyl groups excluding tert-OH is 1. The van der Waals surface area contributed by atoms with Crippen LogP contribution in [0.25, 0.3) is 0 Å². The van der Waals surface area contributed by atoms with E-state index in [1.807, 2.05) is 24.3 Å². The van der Waals surface area contributed by atoms with Crippen LogP contribution in [0.4, 0.5) is 5.69 Å². The second-order valence-electron chi connectivity index (χ2n) is 5.37. The Morgan fingerprint density at radius 1 is 1.38 bits per heavy atom. The number of aliphatic hydroxyl groups is 1. The summed E-state index contributed by atoms with van der Waals surface area (Å²) in [4.78, 5) is 12.1. The molecule has 5 nitrogen and oxygen atoms in total. The van der Waals surface area contributed by atoms with Gasteiger partial charge in [0.25, 0.3) is 5.91 Å². The Labute approximate surface area is 123 Å². The predicted octanol–water partition coefficient (Wildman–Crippen LogP) is 2.73. The van der Waals surface area contributed by atoms with Crippen molar-refractivity contribution >= 4 is 11.6 Å². The van der Waals surface area contributed by atoms with Crippen molar-refractivity contribution in [2.45, 2.75) is 31.6 Å². The van der Waals surface area contributed by atoms with E-state index in [9.17, 15) is 4.79 Å². The van der Waals surface area contributed by atoms with Crippen molar-refractivity contribution in [1.29, 1.82) is 0 Å². The van der Waals surface area contributed by atoms with Gasteiger partial charge in [-0.1, -0.05) is 17.3 Å². The van der Waals surface area contributed by atoms with Gasteiger partial charge in [-0.25, -0.2) is 0 Å². The first-order valence-corrected chi connectivity index (χ1v) is 7.24. The van der Waals surface area contributed by atoms with Crippen molar-refractivity contribution in [2.24, 2.45) is 0 Å². The molecule has 3 rings (SSSR count). The summed E-state index contributed by atoms with van der Waals surface area (Å²) in [5.74, 6) is 0.989. The Kier molecular flexibility index (Phi) is 4.01. The number of anilines is 1. The first-order valence-electron chi connectivity index (χ1n) is 7.24. The summed E-state index contributed by atoms with van der Waals surface area (Å²) >= 11 is 0. The molecule has 1 aliphatic carbocycles. The smallest absolute Gasteiger partial charge is 0.277 e. The molecule has 1 aromatic carbocycles. The molecule has 1 heterocycles. The van der Waals surface area contributed by atoms with Crippen LogP contribution in [0.5, 0.6) is 0 Å². The van der Waals surface area contributed by atoms with Gasteiger partial charge >= 0.3 is 0 Å². The highest BCUT2D eigenvalue weighted by molar-refractivity contribution is 6.02. The van der Waals surface area contributed by atoms with E-state index in [1.165, 1.54) is 0 Å². The first-order chi connectivity index (χ1) is 10.3. The van der Waals surface area contributed by atoms with Gasteiger partial charge in [0, 0.05) is 24.3 Å². The number of nitrogens with one attached hydrogen (secondary N) is 1. The van der Waals surface area contributed by atoms with E-state index < -0.39 is 0 Å². The SMILES string of the molecule is O=C(Nc1cccc(CCCO)c1)c1cc(C2CC2)on1. The number of nitrogens with zero attached hydrogens (tertiary/aromatic N) is 1. The zero-order chi connectivity index (χ0) is 14.7. The van der Waals surface area contributed by atoms with Gasteiger partial charge in [-0.3, -0.25) is 4.79 Å². The number of hydrogen-bond donors (Lipinski definition) is 2. The molecule has 110 valence electrons. The first kappa shape index (κ1) is 13.8. The van der Waals surface area contributed by atoms with Gasteiger partial charge < -0.3 is 14.9 Å². The van der Waals surface area contributed by atoms with Crippen LogP contribution >= 0.6 is 0 Å². The summed E-state index contributed by atoms with van der Waals surface area (Å²) < 4.78 is 5.19. The van der Waals surface area contributed by atoms with Crippen molar-refractivity contribution < 1.29 is 14.4 Å². The van der Waals surface area contributed by atoms with Gasteiger partial charge in [-0.15, -0.1) is 0 Å². The van der Waals surface area contributed by atoms with E-state index in [1.54, 1.807) is 6.07 Å². The van der Waals surface area contributed by atoms with Crippen LogP contribution in [0.3, 0.4) is 0 Å². The summed E-state index contributed by atoms with van der Waals surface area (Å²) in [7, 11) is 0. The molecule has 0 spiro atoms. The lowest BCUT2D eigenvalue weighted by Crippen LogP contribution is -2.12. The van der Waals surface area contributed by atoms with Crippen molar-refractivity contribution in [2.75, 3.05) is 11.9 Å². The molecule has 1 fully saturated rings. The molecule has 21 heavy (non-hydrogen) atoms. The Morgan fingerprint density at radius 3 is 3.00 bits per heavy atom. The van der Waals surface area contributed by atoms with Crippen molar-refractivity contribution in [3.8, 4) is 0 Å². The molecule has 2 N–H and O–H groups in total. The van der Waals surface area contributed by atoms with Crippen LogP contribution in [0.2, 0.25) is 0 Å². The van der Waals surface area contributed by atoms with Crippen LogP contribution in [-0.2, 0) is 6.42 Å². The lowest BCUT2D eigenvalue weighted by molar-refractivity contribution is 0.101. The van der Waals surface area contributed by atoms with Crippen molar-refractivity contribution in [3.63, 3.8) is 0 Å². The lowest BCUT2D eigenvalue weighted by atomic mass is 10.1. The Morgan fingerprint density at radius 2 is 2.24 bits per heavy atom. The maximum absolute atomic E-state index is 12.1. The van der Waals surface area contributed by atoms with Gasteiger partial charge in [0.05, 0.1) is 0 Å². The number of aryl methyl sites for hydroxylation is 1. The third-order valence-corrected chi connectivity index (χ3v) is 3.55. The van der Waals surface area contributed by atoms with Crippen LogP contribution < -0.4 is 5.32 Å². The zero-order valence-electron chi connectivity index (χ0n) is 11.7. The maximum atomic E-state index is 12.1. The van der Waals surface area contributed by atoms with Gasteiger partial charge in [0.1, 0.15) is 5.76 Å².